The molecule has 1 fully saturated rings. The highest BCUT2D eigenvalue weighted by Crippen LogP contribution is 2.32. The van der Waals surface area contributed by atoms with Crippen molar-refractivity contribution in [2.24, 2.45) is 0 Å². The first-order chi connectivity index (χ1) is 13.3. The standard InChI is InChI=1S/C19H28N6O2/c1-2-7-15-20-17(27-23-15)10-11-18(26)24-13-6-8-14(24)19-22-21-16-9-4-3-5-12-25(16)19/h14H,2-13H2,1H3/t14-/m0/s1. The molecule has 0 unspecified atom stereocenters. The van der Waals surface area contributed by atoms with E-state index in [1.807, 2.05) is 4.90 Å². The van der Waals surface area contributed by atoms with Crippen LogP contribution in [0.4, 0.5) is 0 Å². The van der Waals surface area contributed by atoms with E-state index in [-0.39, 0.29) is 11.9 Å². The molecule has 0 saturated carbocycles. The molecular formula is C19H28N6O2. The number of rotatable bonds is 6. The van der Waals surface area contributed by atoms with Gasteiger partial charge < -0.3 is 14.0 Å². The third-order valence-electron chi connectivity index (χ3n) is 5.55. The van der Waals surface area contributed by atoms with Crippen LogP contribution < -0.4 is 0 Å². The molecule has 8 heteroatoms. The Morgan fingerprint density at radius 3 is 2.96 bits per heavy atom. The van der Waals surface area contributed by atoms with Crippen LogP contribution >= 0.6 is 0 Å². The molecule has 0 bridgehead atoms. The van der Waals surface area contributed by atoms with Crippen LogP contribution in [0.5, 0.6) is 0 Å². The lowest BCUT2D eigenvalue weighted by atomic mass is 10.2. The van der Waals surface area contributed by atoms with Gasteiger partial charge in [0.25, 0.3) is 0 Å². The number of aryl methyl sites for hydroxylation is 3. The van der Waals surface area contributed by atoms with Crippen molar-refractivity contribution in [2.75, 3.05) is 6.54 Å². The number of hydrogen-bond acceptors (Lipinski definition) is 6. The summed E-state index contributed by atoms with van der Waals surface area (Å²) in [5.41, 5.74) is 0. The van der Waals surface area contributed by atoms with Gasteiger partial charge in [0, 0.05) is 38.8 Å². The topological polar surface area (TPSA) is 89.9 Å². The Labute approximate surface area is 159 Å². The molecule has 0 aromatic carbocycles. The number of fused-ring (bicyclic) bond motifs is 1. The Hall–Kier alpha value is -2.25. The number of hydrogen-bond donors (Lipinski definition) is 0. The molecule has 4 rings (SSSR count). The molecule has 2 aromatic heterocycles. The minimum absolute atomic E-state index is 0.0511. The summed E-state index contributed by atoms with van der Waals surface area (Å²) in [4.78, 5) is 19.2. The first-order valence-electron chi connectivity index (χ1n) is 10.3. The van der Waals surface area contributed by atoms with E-state index in [4.69, 9.17) is 4.52 Å². The molecule has 0 aliphatic carbocycles. The average Bonchev–Trinajstić information content (AvgIpc) is 3.37. The van der Waals surface area contributed by atoms with Gasteiger partial charge in [0.2, 0.25) is 11.8 Å². The van der Waals surface area contributed by atoms with Gasteiger partial charge in [0.1, 0.15) is 5.82 Å². The lowest BCUT2D eigenvalue weighted by Crippen LogP contribution is -2.32. The zero-order valence-corrected chi connectivity index (χ0v) is 16.1. The molecule has 1 amide bonds. The van der Waals surface area contributed by atoms with E-state index >= 15 is 0 Å². The van der Waals surface area contributed by atoms with Crippen LogP contribution in [0.3, 0.4) is 0 Å². The Bertz CT molecular complexity index is 783. The van der Waals surface area contributed by atoms with E-state index in [1.165, 1.54) is 12.8 Å². The first kappa shape index (κ1) is 18.1. The second kappa shape index (κ2) is 8.19. The monoisotopic (exact) mass is 372 g/mol. The van der Waals surface area contributed by atoms with Crippen molar-refractivity contribution >= 4 is 5.91 Å². The molecule has 2 aromatic rings. The smallest absolute Gasteiger partial charge is 0.227 e. The Kier molecular flexibility index (Phi) is 5.50. The molecule has 2 aliphatic rings. The number of nitrogens with zero attached hydrogens (tertiary/aromatic N) is 6. The summed E-state index contributed by atoms with van der Waals surface area (Å²) in [6.45, 7) is 3.84. The lowest BCUT2D eigenvalue weighted by Gasteiger charge is -2.24. The van der Waals surface area contributed by atoms with E-state index in [9.17, 15) is 4.79 Å². The minimum Gasteiger partial charge on any atom is -0.339 e. The van der Waals surface area contributed by atoms with Crippen LogP contribution in [0.1, 0.15) is 81.3 Å². The van der Waals surface area contributed by atoms with Gasteiger partial charge in [-0.1, -0.05) is 18.5 Å². The second-order valence-corrected chi connectivity index (χ2v) is 7.54. The molecule has 0 N–H and O–H groups in total. The SMILES string of the molecule is CCCc1noc(CCC(=O)N2CCC[C@H]2c2nnc3n2CCCCC3)n1. The minimum atomic E-state index is 0.0511. The molecule has 1 saturated heterocycles. The largest absolute Gasteiger partial charge is 0.339 e. The number of carbonyl (C=O) groups is 1. The van der Waals surface area contributed by atoms with Crippen molar-refractivity contribution in [3.8, 4) is 0 Å². The van der Waals surface area contributed by atoms with Gasteiger partial charge in [-0.05, 0) is 32.1 Å². The number of carbonyl (C=O) groups excluding carboxylic acids is 1. The fourth-order valence-corrected chi connectivity index (χ4v) is 4.16. The van der Waals surface area contributed by atoms with E-state index in [2.05, 4.69) is 31.8 Å². The van der Waals surface area contributed by atoms with Crippen molar-refractivity contribution in [2.45, 2.75) is 83.7 Å². The van der Waals surface area contributed by atoms with Gasteiger partial charge in [-0.15, -0.1) is 10.2 Å². The predicted octanol–water partition coefficient (Wildman–Crippen LogP) is 2.64. The summed E-state index contributed by atoms with van der Waals surface area (Å²) in [5.74, 6) is 3.47. The van der Waals surface area contributed by atoms with Crippen LogP contribution in [0.2, 0.25) is 0 Å². The number of aromatic nitrogens is 5. The normalized spacial score (nSPS) is 19.9. The van der Waals surface area contributed by atoms with Gasteiger partial charge in [-0.25, -0.2) is 0 Å². The summed E-state index contributed by atoms with van der Waals surface area (Å²) in [5, 5.41) is 12.8. The van der Waals surface area contributed by atoms with Crippen LogP contribution in [0, 0.1) is 0 Å². The van der Waals surface area contributed by atoms with Crippen molar-refractivity contribution in [3.63, 3.8) is 0 Å². The quantitative estimate of drug-likeness (QED) is 0.774. The molecule has 0 spiro atoms. The molecule has 0 radical (unpaired) electrons. The van der Waals surface area contributed by atoms with Crippen molar-refractivity contribution < 1.29 is 9.32 Å². The molecular weight excluding hydrogens is 344 g/mol. The highest BCUT2D eigenvalue weighted by molar-refractivity contribution is 5.77. The van der Waals surface area contributed by atoms with Crippen molar-refractivity contribution in [1.82, 2.24) is 29.8 Å². The molecule has 27 heavy (non-hydrogen) atoms. The number of likely N-dealkylation sites (tertiary alicyclic amines) is 1. The van der Waals surface area contributed by atoms with Gasteiger partial charge in [-0.2, -0.15) is 4.98 Å². The zero-order valence-electron chi connectivity index (χ0n) is 16.1. The van der Waals surface area contributed by atoms with Crippen LogP contribution in [0.25, 0.3) is 0 Å². The summed E-state index contributed by atoms with van der Waals surface area (Å²) in [6.07, 6.45) is 9.23. The van der Waals surface area contributed by atoms with E-state index < -0.39 is 0 Å². The summed E-state index contributed by atoms with van der Waals surface area (Å²) < 4.78 is 7.52. The Balaban J connectivity index is 1.42. The summed E-state index contributed by atoms with van der Waals surface area (Å²) >= 11 is 0. The molecule has 146 valence electrons. The van der Waals surface area contributed by atoms with E-state index in [1.54, 1.807) is 0 Å². The fraction of sp³-hybridized carbons (Fsp3) is 0.737. The van der Waals surface area contributed by atoms with Crippen molar-refractivity contribution in [1.29, 1.82) is 0 Å². The van der Waals surface area contributed by atoms with Crippen LogP contribution in [-0.4, -0.2) is 42.3 Å². The highest BCUT2D eigenvalue weighted by Gasteiger charge is 2.34. The Morgan fingerprint density at radius 1 is 1.15 bits per heavy atom. The van der Waals surface area contributed by atoms with E-state index in [0.717, 1.165) is 69.1 Å². The fourth-order valence-electron chi connectivity index (χ4n) is 4.16. The third-order valence-corrected chi connectivity index (χ3v) is 5.55. The van der Waals surface area contributed by atoms with Crippen molar-refractivity contribution in [3.05, 3.63) is 23.4 Å². The average molecular weight is 372 g/mol. The first-order valence-corrected chi connectivity index (χ1v) is 10.3. The zero-order chi connectivity index (χ0) is 18.6. The summed E-state index contributed by atoms with van der Waals surface area (Å²) in [7, 11) is 0. The van der Waals surface area contributed by atoms with Crippen LogP contribution in [-0.2, 0) is 30.6 Å². The van der Waals surface area contributed by atoms with Gasteiger partial charge >= 0.3 is 0 Å². The number of amides is 1. The maximum Gasteiger partial charge on any atom is 0.227 e. The Morgan fingerprint density at radius 2 is 2.07 bits per heavy atom. The maximum atomic E-state index is 12.9. The predicted molar refractivity (Wildman–Crippen MR) is 97.9 cm³/mol. The highest BCUT2D eigenvalue weighted by atomic mass is 16.5. The van der Waals surface area contributed by atoms with Crippen LogP contribution in [0.15, 0.2) is 4.52 Å². The summed E-state index contributed by atoms with van der Waals surface area (Å²) in [6, 6.07) is 0.0511. The van der Waals surface area contributed by atoms with E-state index in [0.29, 0.717) is 18.7 Å². The van der Waals surface area contributed by atoms with Gasteiger partial charge in [-0.3, -0.25) is 4.79 Å². The molecule has 2 aliphatic heterocycles. The maximum absolute atomic E-state index is 12.9. The molecule has 8 nitrogen and oxygen atoms in total. The molecule has 4 heterocycles. The molecule has 1 atom stereocenters. The van der Waals surface area contributed by atoms with Gasteiger partial charge in [0.15, 0.2) is 11.6 Å². The lowest BCUT2D eigenvalue weighted by molar-refractivity contribution is -0.132. The van der Waals surface area contributed by atoms with Gasteiger partial charge in [0.05, 0.1) is 6.04 Å². The second-order valence-electron chi connectivity index (χ2n) is 7.54. The third kappa shape index (κ3) is 3.89.